The molecule has 0 aromatic heterocycles. The molecule has 0 amide bonds. The van der Waals surface area contributed by atoms with Gasteiger partial charge < -0.3 is 10.1 Å². The minimum absolute atomic E-state index is 0.00732. The summed E-state index contributed by atoms with van der Waals surface area (Å²) in [5.74, 6) is 0.684. The van der Waals surface area contributed by atoms with E-state index >= 15 is 0 Å². The largest absolute Gasteiger partial charge is 0.307 e. The van der Waals surface area contributed by atoms with Crippen LogP contribution in [-0.2, 0) is 9.59 Å². The average Bonchev–Trinajstić information content (AvgIpc) is 2.86. The van der Waals surface area contributed by atoms with Gasteiger partial charge in [0.15, 0.2) is 5.78 Å². The third-order valence-corrected chi connectivity index (χ3v) is 3.81. The molecule has 4 heteroatoms. The van der Waals surface area contributed by atoms with Gasteiger partial charge in [0.2, 0.25) is 0 Å². The molecule has 0 bridgehead atoms. The SMILES string of the molecule is CC1CCN[C@@H]1C(=O)CN1CCC[C@H]1C=O. The van der Waals surface area contributed by atoms with E-state index in [4.69, 9.17) is 0 Å². The van der Waals surface area contributed by atoms with Gasteiger partial charge in [0, 0.05) is 0 Å². The Morgan fingerprint density at radius 2 is 2.31 bits per heavy atom. The van der Waals surface area contributed by atoms with E-state index in [1.807, 2.05) is 4.90 Å². The molecule has 2 fully saturated rings. The topological polar surface area (TPSA) is 49.4 Å². The molecule has 4 nitrogen and oxygen atoms in total. The highest BCUT2D eigenvalue weighted by Crippen LogP contribution is 2.19. The van der Waals surface area contributed by atoms with Gasteiger partial charge in [-0.1, -0.05) is 6.92 Å². The molecular formula is C12H20N2O2. The number of aldehydes is 1. The fourth-order valence-electron chi connectivity index (χ4n) is 2.77. The molecule has 0 aromatic rings. The van der Waals surface area contributed by atoms with Gasteiger partial charge >= 0.3 is 0 Å². The van der Waals surface area contributed by atoms with Crippen molar-refractivity contribution in [1.29, 1.82) is 0 Å². The van der Waals surface area contributed by atoms with Crippen LogP contribution in [0.25, 0.3) is 0 Å². The van der Waals surface area contributed by atoms with E-state index in [-0.39, 0.29) is 17.9 Å². The van der Waals surface area contributed by atoms with Crippen LogP contribution >= 0.6 is 0 Å². The van der Waals surface area contributed by atoms with Crippen LogP contribution < -0.4 is 5.32 Å². The molecule has 2 rings (SSSR count). The molecule has 0 spiro atoms. The Hall–Kier alpha value is -0.740. The third-order valence-electron chi connectivity index (χ3n) is 3.81. The molecule has 3 atom stereocenters. The van der Waals surface area contributed by atoms with Crippen LogP contribution in [0.1, 0.15) is 26.2 Å². The predicted octanol–water partition coefficient (Wildman–Crippen LogP) is 0.217. The second-order valence-electron chi connectivity index (χ2n) is 4.98. The zero-order valence-corrected chi connectivity index (χ0v) is 9.82. The van der Waals surface area contributed by atoms with E-state index in [0.717, 1.165) is 38.6 Å². The van der Waals surface area contributed by atoms with Gasteiger partial charge in [-0.25, -0.2) is 0 Å². The molecule has 1 unspecified atom stereocenters. The summed E-state index contributed by atoms with van der Waals surface area (Å²) in [5, 5.41) is 3.25. The molecular weight excluding hydrogens is 204 g/mol. The van der Waals surface area contributed by atoms with Gasteiger partial charge in [-0.05, 0) is 38.3 Å². The maximum atomic E-state index is 12.1. The van der Waals surface area contributed by atoms with Crippen LogP contribution in [0.4, 0.5) is 0 Å². The standard InChI is InChI=1S/C12H20N2O2/c1-9-4-5-13-12(9)11(16)7-14-6-2-3-10(14)8-15/h8-10,12-13H,2-7H2,1H3/t9?,10-,12-/m0/s1. The summed E-state index contributed by atoms with van der Waals surface area (Å²) in [6, 6.07) is -0.0199. The van der Waals surface area contributed by atoms with E-state index in [1.165, 1.54) is 0 Å². The van der Waals surface area contributed by atoms with E-state index in [2.05, 4.69) is 12.2 Å². The minimum atomic E-state index is -0.0272. The van der Waals surface area contributed by atoms with Crippen LogP contribution in [0.3, 0.4) is 0 Å². The molecule has 2 aliphatic rings. The first-order chi connectivity index (χ1) is 7.72. The number of carbonyl (C=O) groups excluding carboxylic acids is 2. The lowest BCUT2D eigenvalue weighted by atomic mass is 9.99. The highest BCUT2D eigenvalue weighted by Gasteiger charge is 2.32. The molecule has 0 saturated carbocycles. The fourth-order valence-corrected chi connectivity index (χ4v) is 2.77. The number of ketones is 1. The van der Waals surface area contributed by atoms with Gasteiger partial charge in [0.1, 0.15) is 6.29 Å². The van der Waals surface area contributed by atoms with Crippen molar-refractivity contribution in [1.82, 2.24) is 10.2 Å². The number of nitrogens with one attached hydrogen (secondary N) is 1. The quantitative estimate of drug-likeness (QED) is 0.694. The zero-order chi connectivity index (χ0) is 11.5. The lowest BCUT2D eigenvalue weighted by molar-refractivity contribution is -0.123. The molecule has 2 aliphatic heterocycles. The Morgan fingerprint density at radius 3 is 2.94 bits per heavy atom. The van der Waals surface area contributed by atoms with Crippen molar-refractivity contribution in [2.75, 3.05) is 19.6 Å². The number of hydrogen-bond donors (Lipinski definition) is 1. The summed E-state index contributed by atoms with van der Waals surface area (Å²) >= 11 is 0. The van der Waals surface area contributed by atoms with E-state index in [0.29, 0.717) is 12.5 Å². The predicted molar refractivity (Wildman–Crippen MR) is 61.2 cm³/mol. The molecule has 90 valence electrons. The normalized spacial score (nSPS) is 35.4. The van der Waals surface area contributed by atoms with E-state index < -0.39 is 0 Å². The molecule has 2 heterocycles. The van der Waals surface area contributed by atoms with Gasteiger partial charge in [0.05, 0.1) is 18.6 Å². The maximum Gasteiger partial charge on any atom is 0.163 e. The fraction of sp³-hybridized carbons (Fsp3) is 0.833. The third kappa shape index (κ3) is 2.33. The van der Waals surface area contributed by atoms with Gasteiger partial charge in [0.25, 0.3) is 0 Å². The Morgan fingerprint density at radius 1 is 1.50 bits per heavy atom. The summed E-state index contributed by atoms with van der Waals surface area (Å²) in [6.07, 6.45) is 3.99. The number of nitrogens with zero attached hydrogens (tertiary/aromatic N) is 1. The lowest BCUT2D eigenvalue weighted by Gasteiger charge is -2.22. The first-order valence-corrected chi connectivity index (χ1v) is 6.18. The second kappa shape index (κ2) is 5.06. The molecule has 1 N–H and O–H groups in total. The van der Waals surface area contributed by atoms with Gasteiger partial charge in [-0.3, -0.25) is 9.69 Å². The number of likely N-dealkylation sites (tertiary alicyclic amines) is 1. The van der Waals surface area contributed by atoms with Crippen molar-refractivity contribution in [2.24, 2.45) is 5.92 Å². The summed E-state index contributed by atoms with van der Waals surface area (Å²) in [4.78, 5) is 24.9. The van der Waals surface area contributed by atoms with Crippen molar-refractivity contribution in [3.63, 3.8) is 0 Å². The summed E-state index contributed by atoms with van der Waals surface area (Å²) in [7, 11) is 0. The Labute approximate surface area is 96.4 Å². The number of Topliss-reactive ketones (excluding diaryl/α,β-unsaturated/α-hetero) is 1. The van der Waals surface area contributed by atoms with E-state index in [1.54, 1.807) is 0 Å². The average molecular weight is 224 g/mol. The minimum Gasteiger partial charge on any atom is -0.307 e. The van der Waals surface area contributed by atoms with Gasteiger partial charge in [-0.2, -0.15) is 0 Å². The molecule has 0 aliphatic carbocycles. The maximum absolute atomic E-state index is 12.1. The number of carbonyl (C=O) groups is 2. The van der Waals surface area contributed by atoms with Crippen molar-refractivity contribution in [3.8, 4) is 0 Å². The Bertz CT molecular complexity index is 280. The van der Waals surface area contributed by atoms with Crippen molar-refractivity contribution in [2.45, 2.75) is 38.3 Å². The summed E-state index contributed by atoms with van der Waals surface area (Å²) in [5.41, 5.74) is 0. The number of hydrogen-bond acceptors (Lipinski definition) is 4. The van der Waals surface area contributed by atoms with Gasteiger partial charge in [-0.15, -0.1) is 0 Å². The smallest absolute Gasteiger partial charge is 0.163 e. The summed E-state index contributed by atoms with van der Waals surface area (Å²) < 4.78 is 0. The lowest BCUT2D eigenvalue weighted by Crippen LogP contribution is -2.44. The highest BCUT2D eigenvalue weighted by atomic mass is 16.1. The van der Waals surface area contributed by atoms with Crippen molar-refractivity contribution in [3.05, 3.63) is 0 Å². The first kappa shape index (κ1) is 11.7. The first-order valence-electron chi connectivity index (χ1n) is 6.18. The Kier molecular flexibility index (Phi) is 3.71. The van der Waals surface area contributed by atoms with Crippen LogP contribution in [0.5, 0.6) is 0 Å². The van der Waals surface area contributed by atoms with E-state index in [9.17, 15) is 9.59 Å². The van der Waals surface area contributed by atoms with Crippen LogP contribution in [-0.4, -0.2) is 48.7 Å². The van der Waals surface area contributed by atoms with Crippen LogP contribution in [0.2, 0.25) is 0 Å². The zero-order valence-electron chi connectivity index (χ0n) is 9.82. The monoisotopic (exact) mass is 224 g/mol. The molecule has 0 radical (unpaired) electrons. The number of rotatable bonds is 4. The molecule has 0 aromatic carbocycles. The van der Waals surface area contributed by atoms with Crippen molar-refractivity contribution < 1.29 is 9.59 Å². The highest BCUT2D eigenvalue weighted by molar-refractivity contribution is 5.86. The Balaban J connectivity index is 1.89. The second-order valence-corrected chi connectivity index (χ2v) is 4.98. The molecule has 16 heavy (non-hydrogen) atoms. The molecule has 2 saturated heterocycles. The van der Waals surface area contributed by atoms with Crippen LogP contribution in [0, 0.1) is 5.92 Å². The van der Waals surface area contributed by atoms with Crippen molar-refractivity contribution >= 4 is 12.1 Å². The summed E-state index contributed by atoms with van der Waals surface area (Å²) in [6.45, 7) is 4.38. The van der Waals surface area contributed by atoms with Crippen LogP contribution in [0.15, 0.2) is 0 Å².